The summed E-state index contributed by atoms with van der Waals surface area (Å²) in [4.78, 5) is 0. The van der Waals surface area contributed by atoms with Gasteiger partial charge in [0.15, 0.2) is 10.6 Å². The Balaban J connectivity index is 1.62. The molecule has 3 aromatic carbocycles. The van der Waals surface area contributed by atoms with Crippen LogP contribution in [0, 0.1) is 4.77 Å². The number of H-pyrrole nitrogens is 1. The summed E-state index contributed by atoms with van der Waals surface area (Å²) in [6, 6.07) is 26.4. The highest BCUT2D eigenvalue weighted by Crippen LogP contribution is 2.28. The van der Waals surface area contributed by atoms with Gasteiger partial charge in [-0.1, -0.05) is 60.7 Å². The number of hydrogen-bond donors (Lipinski definition) is 1. The van der Waals surface area contributed by atoms with Crippen LogP contribution in [-0.2, 0) is 6.61 Å². The molecule has 146 valence electrons. The zero-order valence-corrected chi connectivity index (χ0v) is 18.3. The fourth-order valence-corrected chi connectivity index (χ4v) is 3.96. The molecule has 1 atom stereocenters. The van der Waals surface area contributed by atoms with E-state index in [0.29, 0.717) is 11.4 Å². The van der Waals surface area contributed by atoms with Crippen LogP contribution < -0.4 is 4.74 Å². The van der Waals surface area contributed by atoms with Crippen LogP contribution in [-0.4, -0.2) is 14.8 Å². The van der Waals surface area contributed by atoms with E-state index < -0.39 is 0 Å². The summed E-state index contributed by atoms with van der Waals surface area (Å²) in [5.74, 6) is 1.63. The van der Waals surface area contributed by atoms with Crippen molar-refractivity contribution in [2.45, 2.75) is 19.6 Å². The molecule has 0 aliphatic heterocycles. The van der Waals surface area contributed by atoms with Gasteiger partial charge in [-0.05, 0) is 64.4 Å². The van der Waals surface area contributed by atoms with Crippen LogP contribution in [0.1, 0.15) is 24.1 Å². The molecular weight excluding hydrogens is 446 g/mol. The van der Waals surface area contributed by atoms with Gasteiger partial charge in [0.1, 0.15) is 12.4 Å². The molecule has 0 saturated heterocycles. The number of benzene rings is 3. The van der Waals surface area contributed by atoms with E-state index in [1.54, 1.807) is 0 Å². The number of para-hydroxylation sites is 1. The first-order valence-corrected chi connectivity index (χ1v) is 10.5. The van der Waals surface area contributed by atoms with Crippen LogP contribution >= 0.6 is 28.1 Å². The van der Waals surface area contributed by atoms with Crippen molar-refractivity contribution in [3.63, 3.8) is 0 Å². The van der Waals surface area contributed by atoms with Crippen LogP contribution in [0.3, 0.4) is 0 Å². The molecule has 0 amide bonds. The minimum Gasteiger partial charge on any atom is -0.488 e. The van der Waals surface area contributed by atoms with Crippen molar-refractivity contribution in [3.05, 3.63) is 99.2 Å². The lowest BCUT2D eigenvalue weighted by atomic mass is 10.1. The predicted molar refractivity (Wildman–Crippen MR) is 122 cm³/mol. The van der Waals surface area contributed by atoms with Gasteiger partial charge in [0, 0.05) is 5.56 Å². The number of nitrogens with one attached hydrogen (secondary N) is 1. The minimum absolute atomic E-state index is 0.0673. The quantitative estimate of drug-likeness (QED) is 0.328. The highest BCUT2D eigenvalue weighted by Gasteiger charge is 2.16. The highest BCUT2D eigenvalue weighted by atomic mass is 79.9. The Morgan fingerprint density at radius 3 is 2.59 bits per heavy atom. The molecule has 1 heterocycles. The van der Waals surface area contributed by atoms with Gasteiger partial charge in [-0.3, -0.25) is 9.67 Å². The summed E-state index contributed by atoms with van der Waals surface area (Å²) in [5, 5.41) is 7.45. The third-order valence-corrected chi connectivity index (χ3v) is 5.73. The fourth-order valence-electron chi connectivity index (χ4n) is 3.27. The first-order valence-electron chi connectivity index (χ1n) is 9.32. The first kappa shape index (κ1) is 19.6. The number of hydrogen-bond acceptors (Lipinski definition) is 3. The van der Waals surface area contributed by atoms with Crippen molar-refractivity contribution in [1.29, 1.82) is 0 Å². The summed E-state index contributed by atoms with van der Waals surface area (Å²) >= 11 is 9.04. The van der Waals surface area contributed by atoms with Crippen molar-refractivity contribution in [1.82, 2.24) is 14.8 Å². The SMILES string of the molecule is C[C@H](c1ccccc1)n1c(-c2cccc(COc3ccccc3Br)c2)n[nH]c1=S. The van der Waals surface area contributed by atoms with Gasteiger partial charge in [0.25, 0.3) is 0 Å². The lowest BCUT2D eigenvalue weighted by Crippen LogP contribution is -2.09. The second-order valence-corrected chi connectivity index (χ2v) is 7.97. The van der Waals surface area contributed by atoms with Crippen LogP contribution in [0.15, 0.2) is 83.3 Å². The molecule has 0 radical (unpaired) electrons. The lowest BCUT2D eigenvalue weighted by Gasteiger charge is -2.16. The molecule has 0 aliphatic carbocycles. The van der Waals surface area contributed by atoms with Gasteiger partial charge in [-0.2, -0.15) is 5.10 Å². The van der Waals surface area contributed by atoms with Crippen molar-refractivity contribution in [3.8, 4) is 17.1 Å². The molecule has 0 unspecified atom stereocenters. The number of aromatic amines is 1. The van der Waals surface area contributed by atoms with E-state index in [-0.39, 0.29) is 6.04 Å². The molecule has 29 heavy (non-hydrogen) atoms. The molecule has 1 aromatic heterocycles. The average molecular weight is 466 g/mol. The Bertz CT molecular complexity index is 1170. The number of rotatable bonds is 6. The first-order chi connectivity index (χ1) is 14.1. The summed E-state index contributed by atoms with van der Waals surface area (Å²) in [6.07, 6.45) is 0. The summed E-state index contributed by atoms with van der Waals surface area (Å²) in [6.45, 7) is 2.60. The number of ether oxygens (including phenoxy) is 1. The van der Waals surface area contributed by atoms with E-state index >= 15 is 0 Å². The smallest absolute Gasteiger partial charge is 0.196 e. The molecule has 6 heteroatoms. The minimum atomic E-state index is 0.0673. The number of halogens is 1. The Kier molecular flexibility index (Phi) is 5.92. The standard InChI is InChI=1S/C23H20BrN3OS/c1-16(18-9-3-2-4-10-18)27-22(25-26-23(27)29)19-11-7-8-17(14-19)15-28-21-13-6-5-12-20(21)24/h2-14,16H,15H2,1H3,(H,26,29)/t16-/m1/s1. The van der Waals surface area contributed by atoms with Gasteiger partial charge in [-0.15, -0.1) is 0 Å². The van der Waals surface area contributed by atoms with E-state index in [0.717, 1.165) is 27.2 Å². The third kappa shape index (κ3) is 4.33. The van der Waals surface area contributed by atoms with Crippen LogP contribution in [0.5, 0.6) is 5.75 Å². The molecule has 0 bridgehead atoms. The van der Waals surface area contributed by atoms with Crippen LogP contribution in [0.4, 0.5) is 0 Å². The van der Waals surface area contributed by atoms with Gasteiger partial charge in [0.05, 0.1) is 10.5 Å². The van der Waals surface area contributed by atoms with Gasteiger partial charge < -0.3 is 4.74 Å². The van der Waals surface area contributed by atoms with Crippen molar-refractivity contribution >= 4 is 28.1 Å². The van der Waals surface area contributed by atoms with Crippen molar-refractivity contribution < 1.29 is 4.74 Å². The largest absolute Gasteiger partial charge is 0.488 e. The summed E-state index contributed by atoms with van der Waals surface area (Å²) < 4.78 is 9.56. The predicted octanol–water partition coefficient (Wildman–Crippen LogP) is 6.56. The fraction of sp³-hybridized carbons (Fsp3) is 0.130. The molecule has 0 fully saturated rings. The molecule has 4 nitrogen and oxygen atoms in total. The average Bonchev–Trinajstić information content (AvgIpc) is 3.15. The zero-order chi connectivity index (χ0) is 20.2. The van der Waals surface area contributed by atoms with Crippen molar-refractivity contribution in [2.75, 3.05) is 0 Å². The van der Waals surface area contributed by atoms with E-state index in [2.05, 4.69) is 55.8 Å². The Hall–Kier alpha value is -2.70. The number of nitrogens with zero attached hydrogens (tertiary/aromatic N) is 2. The van der Waals surface area contributed by atoms with E-state index in [1.165, 1.54) is 5.56 Å². The molecule has 0 saturated carbocycles. The molecular formula is C23H20BrN3OS. The second kappa shape index (κ2) is 8.76. The molecule has 0 aliphatic rings. The van der Waals surface area contributed by atoms with E-state index in [9.17, 15) is 0 Å². The molecule has 4 rings (SSSR count). The summed E-state index contributed by atoms with van der Waals surface area (Å²) in [7, 11) is 0. The maximum Gasteiger partial charge on any atom is 0.196 e. The normalized spacial score (nSPS) is 11.9. The Morgan fingerprint density at radius 2 is 1.79 bits per heavy atom. The van der Waals surface area contributed by atoms with E-state index in [4.69, 9.17) is 17.0 Å². The number of aromatic nitrogens is 3. The maximum absolute atomic E-state index is 5.96. The monoisotopic (exact) mass is 465 g/mol. The maximum atomic E-state index is 5.96. The lowest BCUT2D eigenvalue weighted by molar-refractivity contribution is 0.304. The molecule has 0 spiro atoms. The second-order valence-electron chi connectivity index (χ2n) is 6.73. The zero-order valence-electron chi connectivity index (χ0n) is 15.9. The summed E-state index contributed by atoms with van der Waals surface area (Å²) in [5.41, 5.74) is 3.24. The van der Waals surface area contributed by atoms with Crippen LogP contribution in [0.2, 0.25) is 0 Å². The Morgan fingerprint density at radius 1 is 1.03 bits per heavy atom. The topological polar surface area (TPSA) is 42.8 Å². The van der Waals surface area contributed by atoms with Crippen molar-refractivity contribution in [2.24, 2.45) is 0 Å². The molecule has 4 aromatic rings. The van der Waals surface area contributed by atoms with E-state index in [1.807, 2.05) is 60.7 Å². The highest BCUT2D eigenvalue weighted by molar-refractivity contribution is 9.10. The third-order valence-electron chi connectivity index (χ3n) is 4.79. The molecule has 1 N–H and O–H groups in total. The van der Waals surface area contributed by atoms with Gasteiger partial charge in [-0.25, -0.2) is 0 Å². The van der Waals surface area contributed by atoms with Crippen LogP contribution in [0.25, 0.3) is 11.4 Å². The van der Waals surface area contributed by atoms with Gasteiger partial charge >= 0.3 is 0 Å². The Labute approximate surface area is 183 Å². The van der Waals surface area contributed by atoms with Gasteiger partial charge in [0.2, 0.25) is 0 Å².